The molecule has 8 heteroatoms. The number of aromatic nitrogens is 1. The van der Waals surface area contributed by atoms with E-state index in [0.717, 1.165) is 42.5 Å². The number of methoxy groups -OCH3 is 1. The number of hydrogen-bond acceptors (Lipinski definition) is 5. The third-order valence-corrected chi connectivity index (χ3v) is 4.20. The topological polar surface area (TPSA) is 80.9 Å². The highest BCUT2D eigenvalue weighted by Crippen LogP contribution is 2.22. The highest BCUT2D eigenvalue weighted by molar-refractivity contribution is 14.0. The Kier molecular flexibility index (Phi) is 11.8. The Morgan fingerprint density at radius 1 is 1.17 bits per heavy atom. The van der Waals surface area contributed by atoms with Crippen LogP contribution < -0.4 is 15.4 Å². The van der Waals surface area contributed by atoms with Crippen LogP contribution in [0, 0.1) is 0 Å². The summed E-state index contributed by atoms with van der Waals surface area (Å²) in [6.45, 7) is 11.6. The van der Waals surface area contributed by atoms with Crippen molar-refractivity contribution >= 4 is 29.9 Å². The molecule has 2 N–H and O–H groups in total. The van der Waals surface area contributed by atoms with Gasteiger partial charge in [0, 0.05) is 25.1 Å². The maximum atomic E-state index is 5.79. The van der Waals surface area contributed by atoms with Gasteiger partial charge in [0.2, 0.25) is 5.89 Å². The average molecular weight is 530 g/mol. The maximum Gasteiger partial charge on any atom is 0.216 e. The third-order valence-electron chi connectivity index (χ3n) is 4.20. The first kappa shape index (κ1) is 26.2. The van der Waals surface area contributed by atoms with Gasteiger partial charge in [-0.3, -0.25) is 0 Å². The molecule has 0 radical (unpaired) electrons. The number of rotatable bonds is 10. The molecule has 0 fully saturated rings. The summed E-state index contributed by atoms with van der Waals surface area (Å²) in [7, 11) is 1.66. The molecule has 1 aromatic heterocycles. The Labute approximate surface area is 197 Å². The van der Waals surface area contributed by atoms with Crippen LogP contribution in [0.2, 0.25) is 0 Å². The van der Waals surface area contributed by atoms with Crippen molar-refractivity contribution in [1.29, 1.82) is 0 Å². The van der Waals surface area contributed by atoms with Gasteiger partial charge in [-0.05, 0) is 31.0 Å². The highest BCUT2D eigenvalue weighted by atomic mass is 127. The van der Waals surface area contributed by atoms with E-state index >= 15 is 0 Å². The minimum absolute atomic E-state index is 0. The van der Waals surface area contributed by atoms with Gasteiger partial charge in [-0.15, -0.1) is 24.0 Å². The summed E-state index contributed by atoms with van der Waals surface area (Å²) in [5, 5.41) is 6.55. The molecular formula is C22H35IN4O3. The molecule has 168 valence electrons. The second-order valence-corrected chi connectivity index (χ2v) is 7.74. The molecule has 0 atom stereocenters. The van der Waals surface area contributed by atoms with Gasteiger partial charge in [-0.1, -0.05) is 32.9 Å². The van der Waals surface area contributed by atoms with Crippen LogP contribution in [0.15, 0.2) is 39.9 Å². The molecular weight excluding hydrogens is 495 g/mol. The predicted molar refractivity (Wildman–Crippen MR) is 131 cm³/mol. The van der Waals surface area contributed by atoms with Crippen LogP contribution in [0.3, 0.4) is 0 Å². The largest absolute Gasteiger partial charge is 0.497 e. The lowest BCUT2D eigenvalue weighted by Gasteiger charge is -2.13. The van der Waals surface area contributed by atoms with E-state index in [0.29, 0.717) is 25.6 Å². The van der Waals surface area contributed by atoms with Gasteiger partial charge in [0.15, 0.2) is 5.96 Å². The van der Waals surface area contributed by atoms with Crippen LogP contribution in [0.25, 0.3) is 0 Å². The first-order valence-corrected chi connectivity index (χ1v) is 10.1. The molecule has 0 aliphatic rings. The van der Waals surface area contributed by atoms with Crippen molar-refractivity contribution in [3.8, 4) is 5.75 Å². The van der Waals surface area contributed by atoms with E-state index in [9.17, 15) is 0 Å². The van der Waals surface area contributed by atoms with Crippen LogP contribution >= 0.6 is 24.0 Å². The zero-order chi connectivity index (χ0) is 21.1. The zero-order valence-electron chi connectivity index (χ0n) is 18.7. The second-order valence-electron chi connectivity index (χ2n) is 7.74. The van der Waals surface area contributed by atoms with Crippen molar-refractivity contribution in [2.45, 2.75) is 52.7 Å². The average Bonchev–Trinajstić information content (AvgIpc) is 3.18. The molecule has 7 nitrogen and oxygen atoms in total. The molecule has 0 unspecified atom stereocenters. The van der Waals surface area contributed by atoms with Gasteiger partial charge >= 0.3 is 0 Å². The summed E-state index contributed by atoms with van der Waals surface area (Å²) >= 11 is 0. The Morgan fingerprint density at radius 2 is 1.90 bits per heavy atom. The first-order valence-electron chi connectivity index (χ1n) is 10.1. The standard InChI is InChI=1S/C22H34N4O3.HI/c1-6-23-21(26-15-20-25-14-19(29-20)22(2,3)4)24-12-7-13-28-16-17-8-10-18(27-5)11-9-17;/h8-11,14H,6-7,12-13,15-16H2,1-5H3,(H2,23,24,26);1H. The van der Waals surface area contributed by atoms with E-state index in [1.807, 2.05) is 31.2 Å². The Bertz CT molecular complexity index is 754. The lowest BCUT2D eigenvalue weighted by Crippen LogP contribution is -2.38. The van der Waals surface area contributed by atoms with Crippen molar-refractivity contribution in [3.63, 3.8) is 0 Å². The van der Waals surface area contributed by atoms with E-state index in [1.54, 1.807) is 13.3 Å². The summed E-state index contributed by atoms with van der Waals surface area (Å²) in [5.74, 6) is 3.09. The highest BCUT2D eigenvalue weighted by Gasteiger charge is 2.18. The van der Waals surface area contributed by atoms with Gasteiger partial charge in [0.05, 0.1) is 19.9 Å². The first-order chi connectivity index (χ1) is 13.9. The second kappa shape index (κ2) is 13.5. The molecule has 0 saturated carbocycles. The summed E-state index contributed by atoms with van der Waals surface area (Å²) in [6, 6.07) is 7.91. The van der Waals surface area contributed by atoms with Gasteiger partial charge in [0.1, 0.15) is 18.1 Å². The monoisotopic (exact) mass is 530 g/mol. The van der Waals surface area contributed by atoms with Crippen LogP contribution in [0.1, 0.15) is 51.3 Å². The number of halogens is 1. The maximum absolute atomic E-state index is 5.79. The Morgan fingerprint density at radius 3 is 2.50 bits per heavy atom. The number of guanidine groups is 1. The molecule has 0 spiro atoms. The molecule has 2 rings (SSSR count). The fraction of sp³-hybridized carbons (Fsp3) is 0.545. The minimum Gasteiger partial charge on any atom is -0.497 e. The van der Waals surface area contributed by atoms with Crippen LogP contribution in [0.5, 0.6) is 5.75 Å². The normalized spacial score (nSPS) is 11.7. The molecule has 0 saturated heterocycles. The van der Waals surface area contributed by atoms with Crippen molar-refractivity contribution in [2.75, 3.05) is 26.8 Å². The molecule has 2 aromatic rings. The summed E-state index contributed by atoms with van der Waals surface area (Å²) in [6.07, 6.45) is 2.67. The van der Waals surface area contributed by atoms with E-state index in [1.165, 1.54) is 0 Å². The molecule has 0 amide bonds. The molecule has 1 heterocycles. The summed E-state index contributed by atoms with van der Waals surface area (Å²) in [4.78, 5) is 8.86. The van der Waals surface area contributed by atoms with Crippen molar-refractivity contribution in [1.82, 2.24) is 15.6 Å². The quantitative estimate of drug-likeness (QED) is 0.207. The van der Waals surface area contributed by atoms with Crippen LogP contribution in [-0.4, -0.2) is 37.7 Å². The van der Waals surface area contributed by atoms with E-state index in [-0.39, 0.29) is 29.4 Å². The van der Waals surface area contributed by atoms with Crippen LogP contribution in [0.4, 0.5) is 0 Å². The fourth-order valence-electron chi connectivity index (χ4n) is 2.51. The Balaban J connectivity index is 0.00000450. The number of nitrogens with zero attached hydrogens (tertiary/aromatic N) is 2. The van der Waals surface area contributed by atoms with E-state index in [2.05, 4.69) is 41.4 Å². The molecule has 0 aliphatic carbocycles. The Hall–Kier alpha value is -1.81. The smallest absolute Gasteiger partial charge is 0.216 e. The van der Waals surface area contributed by atoms with Gasteiger partial charge in [0.25, 0.3) is 0 Å². The SMILES string of the molecule is CCNC(=NCc1ncc(C(C)(C)C)o1)NCCCOCc1ccc(OC)cc1.I. The van der Waals surface area contributed by atoms with Crippen molar-refractivity contribution < 1.29 is 13.9 Å². The zero-order valence-corrected chi connectivity index (χ0v) is 21.0. The summed E-state index contributed by atoms with van der Waals surface area (Å²) < 4.78 is 16.7. The number of nitrogens with one attached hydrogen (secondary N) is 2. The molecule has 1 aromatic carbocycles. The fourth-order valence-corrected chi connectivity index (χ4v) is 2.51. The van der Waals surface area contributed by atoms with Gasteiger partial charge in [-0.25, -0.2) is 9.98 Å². The third kappa shape index (κ3) is 9.34. The summed E-state index contributed by atoms with van der Waals surface area (Å²) in [5.41, 5.74) is 1.08. The number of oxazole rings is 1. The molecule has 30 heavy (non-hydrogen) atoms. The molecule has 0 bridgehead atoms. The van der Waals surface area contributed by atoms with Crippen LogP contribution in [-0.2, 0) is 23.3 Å². The lowest BCUT2D eigenvalue weighted by molar-refractivity contribution is 0.119. The number of benzene rings is 1. The van der Waals surface area contributed by atoms with Gasteiger partial charge in [-0.2, -0.15) is 0 Å². The van der Waals surface area contributed by atoms with Crippen molar-refractivity contribution in [3.05, 3.63) is 47.7 Å². The minimum atomic E-state index is -0.0521. The lowest BCUT2D eigenvalue weighted by atomic mass is 9.94. The van der Waals surface area contributed by atoms with Crippen molar-refractivity contribution in [2.24, 2.45) is 4.99 Å². The predicted octanol–water partition coefficient (Wildman–Crippen LogP) is 4.26. The van der Waals surface area contributed by atoms with Gasteiger partial charge < -0.3 is 24.5 Å². The number of hydrogen-bond donors (Lipinski definition) is 2. The molecule has 0 aliphatic heterocycles. The van der Waals surface area contributed by atoms with E-state index < -0.39 is 0 Å². The number of ether oxygens (including phenoxy) is 2. The van der Waals surface area contributed by atoms with E-state index in [4.69, 9.17) is 13.9 Å². The number of aliphatic imine (C=N–C) groups is 1.